The lowest BCUT2D eigenvalue weighted by molar-refractivity contribution is -0.208. The van der Waals surface area contributed by atoms with Crippen LogP contribution in [0.1, 0.15) is 46.5 Å². The van der Waals surface area contributed by atoms with E-state index in [9.17, 15) is 4.79 Å². The summed E-state index contributed by atoms with van der Waals surface area (Å²) in [7, 11) is 0. The van der Waals surface area contributed by atoms with Crippen LogP contribution in [0.3, 0.4) is 0 Å². The highest BCUT2D eigenvalue weighted by Crippen LogP contribution is 2.53. The van der Waals surface area contributed by atoms with Crippen LogP contribution in [0.5, 0.6) is 0 Å². The van der Waals surface area contributed by atoms with E-state index in [1.807, 2.05) is 6.26 Å². The Kier molecular flexibility index (Phi) is 4.07. The third kappa shape index (κ3) is 2.86. The molecule has 1 saturated carbocycles. The summed E-state index contributed by atoms with van der Waals surface area (Å²) in [6, 6.07) is 0. The number of allylic oxidation sites excluding steroid dienone is 3. The van der Waals surface area contributed by atoms with Crippen molar-refractivity contribution in [1.29, 1.82) is 0 Å². The smallest absolute Gasteiger partial charge is 0.304 e. The number of hydrogen-bond acceptors (Lipinski definition) is 4. The molecule has 2 aliphatic heterocycles. The van der Waals surface area contributed by atoms with E-state index in [-0.39, 0.29) is 18.2 Å². The molecule has 0 N–H and O–H groups in total. The molecule has 0 bridgehead atoms. The van der Waals surface area contributed by atoms with E-state index in [0.29, 0.717) is 11.8 Å². The van der Waals surface area contributed by atoms with Gasteiger partial charge >= 0.3 is 5.97 Å². The summed E-state index contributed by atoms with van der Waals surface area (Å²) >= 11 is 0. The fourth-order valence-electron chi connectivity index (χ4n) is 3.94. The van der Waals surface area contributed by atoms with Crippen molar-refractivity contribution in [2.45, 2.75) is 59.0 Å². The minimum atomic E-state index is -0.423. The number of carbonyl (C=O) groups excluding carboxylic acids is 1. The molecule has 5 unspecified atom stereocenters. The van der Waals surface area contributed by atoms with Crippen LogP contribution in [0.15, 0.2) is 23.5 Å². The van der Waals surface area contributed by atoms with Crippen LogP contribution in [0.2, 0.25) is 0 Å². The van der Waals surface area contributed by atoms with Crippen LogP contribution in [0.25, 0.3) is 0 Å². The SMILES string of the molecule is CC(=O)OC1OC2OC=C(CCC=C(C)C)C3CCC1C23. The predicted molar refractivity (Wildman–Crippen MR) is 78.0 cm³/mol. The highest BCUT2D eigenvalue weighted by molar-refractivity contribution is 5.66. The van der Waals surface area contributed by atoms with Crippen molar-refractivity contribution >= 4 is 5.97 Å². The summed E-state index contributed by atoms with van der Waals surface area (Å²) in [5, 5.41) is 0. The van der Waals surface area contributed by atoms with Crippen molar-refractivity contribution in [3.63, 3.8) is 0 Å². The van der Waals surface area contributed by atoms with E-state index in [4.69, 9.17) is 14.2 Å². The minimum Gasteiger partial charge on any atom is -0.472 e. The zero-order valence-electron chi connectivity index (χ0n) is 13.0. The van der Waals surface area contributed by atoms with Gasteiger partial charge in [0.05, 0.1) is 6.26 Å². The second kappa shape index (κ2) is 5.84. The zero-order valence-corrected chi connectivity index (χ0v) is 13.0. The van der Waals surface area contributed by atoms with Gasteiger partial charge in [0, 0.05) is 18.8 Å². The number of rotatable bonds is 4. The molecule has 2 heterocycles. The van der Waals surface area contributed by atoms with Crippen LogP contribution in [0, 0.1) is 17.8 Å². The van der Waals surface area contributed by atoms with Crippen LogP contribution in [-0.4, -0.2) is 18.5 Å². The van der Waals surface area contributed by atoms with Crippen LogP contribution in [0.4, 0.5) is 0 Å². The van der Waals surface area contributed by atoms with Gasteiger partial charge in [-0.05, 0) is 51.0 Å². The highest BCUT2D eigenvalue weighted by atomic mass is 16.8. The Morgan fingerprint density at radius 1 is 1.38 bits per heavy atom. The number of hydrogen-bond donors (Lipinski definition) is 0. The first-order chi connectivity index (χ1) is 10.1. The molecule has 0 aromatic carbocycles. The number of carbonyl (C=O) groups is 1. The fourth-order valence-corrected chi connectivity index (χ4v) is 3.94. The standard InChI is InChI=1S/C17H24O4/c1-10(2)5-4-6-12-9-19-17-15-13(12)7-8-14(15)16(21-17)20-11(3)18/h5,9,13-17H,4,6-8H2,1-3H3. The molecule has 0 radical (unpaired) electrons. The van der Waals surface area contributed by atoms with Crippen molar-refractivity contribution < 1.29 is 19.0 Å². The Morgan fingerprint density at radius 3 is 2.90 bits per heavy atom. The maximum atomic E-state index is 11.2. The molecule has 4 heteroatoms. The van der Waals surface area contributed by atoms with Crippen molar-refractivity contribution in [2.75, 3.05) is 0 Å². The van der Waals surface area contributed by atoms with Crippen LogP contribution in [-0.2, 0) is 19.0 Å². The third-order valence-corrected chi connectivity index (χ3v) is 4.80. The first-order valence-electron chi connectivity index (χ1n) is 7.86. The summed E-state index contributed by atoms with van der Waals surface area (Å²) in [6.07, 6.45) is 7.81. The van der Waals surface area contributed by atoms with Crippen molar-refractivity contribution in [2.24, 2.45) is 17.8 Å². The molecule has 0 amide bonds. The van der Waals surface area contributed by atoms with E-state index in [0.717, 1.165) is 25.7 Å². The maximum absolute atomic E-state index is 11.2. The molecular formula is C17H24O4. The van der Waals surface area contributed by atoms with E-state index in [1.165, 1.54) is 18.1 Å². The van der Waals surface area contributed by atoms with Crippen LogP contribution < -0.4 is 0 Å². The van der Waals surface area contributed by atoms with Crippen molar-refractivity contribution in [3.05, 3.63) is 23.5 Å². The first kappa shape index (κ1) is 14.6. The van der Waals surface area contributed by atoms with Gasteiger partial charge in [-0.1, -0.05) is 11.6 Å². The Hall–Kier alpha value is -1.29. The average molecular weight is 292 g/mol. The molecule has 3 aliphatic rings. The number of esters is 1. The Labute approximate surface area is 126 Å². The summed E-state index contributed by atoms with van der Waals surface area (Å²) in [4.78, 5) is 11.2. The van der Waals surface area contributed by atoms with E-state index in [2.05, 4.69) is 19.9 Å². The molecule has 3 rings (SSSR count). The van der Waals surface area contributed by atoms with E-state index >= 15 is 0 Å². The lowest BCUT2D eigenvalue weighted by Gasteiger charge is -2.30. The summed E-state index contributed by atoms with van der Waals surface area (Å²) in [6.45, 7) is 5.69. The second-order valence-corrected chi connectivity index (χ2v) is 6.56. The first-order valence-corrected chi connectivity index (χ1v) is 7.86. The molecule has 1 aliphatic carbocycles. The lowest BCUT2D eigenvalue weighted by Crippen LogP contribution is -2.29. The Morgan fingerprint density at radius 2 is 2.19 bits per heavy atom. The molecule has 2 fully saturated rings. The molecular weight excluding hydrogens is 268 g/mol. The molecule has 4 nitrogen and oxygen atoms in total. The van der Waals surface area contributed by atoms with Gasteiger partial charge in [0.25, 0.3) is 0 Å². The van der Waals surface area contributed by atoms with Gasteiger partial charge in [0.15, 0.2) is 0 Å². The van der Waals surface area contributed by atoms with Gasteiger partial charge in [-0.25, -0.2) is 0 Å². The molecule has 116 valence electrons. The van der Waals surface area contributed by atoms with E-state index < -0.39 is 6.29 Å². The summed E-state index contributed by atoms with van der Waals surface area (Å²) in [5.74, 6) is 0.885. The van der Waals surface area contributed by atoms with Crippen LogP contribution >= 0.6 is 0 Å². The molecule has 0 aromatic heterocycles. The second-order valence-electron chi connectivity index (χ2n) is 6.56. The predicted octanol–water partition coefficient (Wildman–Crippen LogP) is 3.53. The monoisotopic (exact) mass is 292 g/mol. The molecule has 1 saturated heterocycles. The van der Waals surface area contributed by atoms with Gasteiger partial charge in [0.1, 0.15) is 0 Å². The van der Waals surface area contributed by atoms with Crippen molar-refractivity contribution in [3.8, 4) is 0 Å². The highest BCUT2D eigenvalue weighted by Gasteiger charge is 2.56. The average Bonchev–Trinajstić information content (AvgIpc) is 2.97. The van der Waals surface area contributed by atoms with Gasteiger partial charge in [-0.15, -0.1) is 0 Å². The summed E-state index contributed by atoms with van der Waals surface area (Å²) in [5.41, 5.74) is 2.75. The van der Waals surface area contributed by atoms with E-state index in [1.54, 1.807) is 0 Å². The van der Waals surface area contributed by atoms with Gasteiger partial charge < -0.3 is 14.2 Å². The fraction of sp³-hybridized carbons (Fsp3) is 0.706. The largest absolute Gasteiger partial charge is 0.472 e. The number of ether oxygens (including phenoxy) is 3. The minimum absolute atomic E-state index is 0.237. The lowest BCUT2D eigenvalue weighted by atomic mass is 9.82. The maximum Gasteiger partial charge on any atom is 0.304 e. The normalized spacial score (nSPS) is 36.5. The molecule has 0 spiro atoms. The molecule has 21 heavy (non-hydrogen) atoms. The van der Waals surface area contributed by atoms with Crippen molar-refractivity contribution in [1.82, 2.24) is 0 Å². The van der Waals surface area contributed by atoms with Gasteiger partial charge in [-0.2, -0.15) is 0 Å². The van der Waals surface area contributed by atoms with Gasteiger partial charge in [0.2, 0.25) is 12.6 Å². The molecule has 0 aromatic rings. The molecule has 5 atom stereocenters. The topological polar surface area (TPSA) is 44.8 Å². The van der Waals surface area contributed by atoms with Gasteiger partial charge in [-0.3, -0.25) is 4.79 Å². The Balaban J connectivity index is 1.67. The quantitative estimate of drug-likeness (QED) is 0.587. The summed E-state index contributed by atoms with van der Waals surface area (Å²) < 4.78 is 16.9. The zero-order chi connectivity index (χ0) is 15.0. The third-order valence-electron chi connectivity index (χ3n) is 4.80. The Bertz CT molecular complexity index is 475.